The van der Waals surface area contributed by atoms with Crippen LogP contribution in [-0.2, 0) is 9.71 Å². The zero-order chi connectivity index (χ0) is 21.7. The van der Waals surface area contributed by atoms with Crippen LogP contribution in [-0.4, -0.2) is 37.2 Å². The van der Waals surface area contributed by atoms with Crippen molar-refractivity contribution in [2.75, 3.05) is 0 Å². The van der Waals surface area contributed by atoms with Gasteiger partial charge in [-0.1, -0.05) is 30.0 Å². The number of hydrogen-bond acceptors (Lipinski definition) is 5. The van der Waals surface area contributed by atoms with Crippen LogP contribution in [0.3, 0.4) is 0 Å². The molecule has 150 valence electrons. The number of carboxylic acid groups (broad SMARTS) is 1. The van der Waals surface area contributed by atoms with Crippen molar-refractivity contribution >= 4 is 27.5 Å². The fourth-order valence-corrected chi connectivity index (χ4v) is 3.60. The molecule has 8 heteroatoms. The maximum Gasteiger partial charge on any atom is 0.339 e. The van der Waals surface area contributed by atoms with Gasteiger partial charge in [0.25, 0.3) is 5.91 Å². The Morgan fingerprint density at radius 3 is 2.40 bits per heavy atom. The van der Waals surface area contributed by atoms with Crippen LogP contribution < -0.4 is 4.72 Å². The molecule has 3 aromatic rings. The number of nitrogens with zero attached hydrogens (tertiary/aromatic N) is 1. The molecule has 0 fully saturated rings. The Balaban J connectivity index is 1.82. The van der Waals surface area contributed by atoms with E-state index in [1.807, 2.05) is 0 Å². The standard InChI is InChI=1S/C22H16N2O5S/c1-30(29,18-5-3-2-4-6-18)24-21(26)17-11-16(13-23-14-17)8-7-15-9-10-20(25)19(12-15)22(27)28/h2-6,9-14,25H,1H2,(H,27,28)(H,24,26,29). The largest absolute Gasteiger partial charge is 0.507 e. The Labute approximate surface area is 173 Å². The molecule has 30 heavy (non-hydrogen) atoms. The van der Waals surface area contributed by atoms with Crippen molar-refractivity contribution in [2.45, 2.75) is 4.90 Å². The van der Waals surface area contributed by atoms with E-state index in [1.54, 1.807) is 30.3 Å². The van der Waals surface area contributed by atoms with Gasteiger partial charge in [-0.15, -0.1) is 0 Å². The molecule has 1 amide bonds. The van der Waals surface area contributed by atoms with Gasteiger partial charge >= 0.3 is 5.97 Å². The number of aromatic hydroxyl groups is 1. The summed E-state index contributed by atoms with van der Waals surface area (Å²) in [5.74, 6) is 6.91. The first-order valence-electron chi connectivity index (χ1n) is 8.54. The highest BCUT2D eigenvalue weighted by atomic mass is 32.2. The van der Waals surface area contributed by atoms with E-state index in [1.165, 1.54) is 36.7 Å². The Hall–Kier alpha value is -4.09. The van der Waals surface area contributed by atoms with Crippen LogP contribution in [0, 0.1) is 11.8 Å². The molecule has 0 radical (unpaired) electrons. The number of aromatic carboxylic acids is 1. The number of hydrogen-bond donors (Lipinski definition) is 3. The number of nitrogens with one attached hydrogen (secondary N) is 1. The molecule has 0 saturated heterocycles. The number of amides is 1. The topological polar surface area (TPSA) is 117 Å². The highest BCUT2D eigenvalue weighted by Gasteiger charge is 2.14. The summed E-state index contributed by atoms with van der Waals surface area (Å²) in [4.78, 5) is 28.0. The second kappa shape index (κ2) is 8.51. The summed E-state index contributed by atoms with van der Waals surface area (Å²) >= 11 is 0. The van der Waals surface area contributed by atoms with Gasteiger partial charge in [0.05, 0.1) is 15.3 Å². The maximum atomic E-state index is 12.7. The first kappa shape index (κ1) is 20.6. The predicted molar refractivity (Wildman–Crippen MR) is 113 cm³/mol. The lowest BCUT2D eigenvalue weighted by Gasteiger charge is -2.11. The van der Waals surface area contributed by atoms with Gasteiger partial charge in [0.1, 0.15) is 11.3 Å². The molecule has 0 aliphatic rings. The monoisotopic (exact) mass is 420 g/mol. The minimum Gasteiger partial charge on any atom is -0.507 e. The quantitative estimate of drug-likeness (QED) is 0.441. The Morgan fingerprint density at radius 2 is 1.70 bits per heavy atom. The van der Waals surface area contributed by atoms with Gasteiger partial charge in [-0.25, -0.2) is 9.00 Å². The van der Waals surface area contributed by atoms with Crippen molar-refractivity contribution in [1.82, 2.24) is 9.71 Å². The number of aromatic nitrogens is 1. The molecule has 2 aromatic carbocycles. The van der Waals surface area contributed by atoms with Crippen molar-refractivity contribution in [3.05, 3.63) is 89.2 Å². The number of carbonyl (C=O) groups excluding carboxylic acids is 1. The molecular weight excluding hydrogens is 404 g/mol. The Bertz CT molecular complexity index is 1290. The van der Waals surface area contributed by atoms with E-state index in [0.29, 0.717) is 16.0 Å². The molecule has 0 bridgehead atoms. The first-order valence-corrected chi connectivity index (χ1v) is 10.3. The van der Waals surface area contributed by atoms with Crippen LogP contribution in [0.2, 0.25) is 0 Å². The zero-order valence-corrected chi connectivity index (χ0v) is 16.3. The lowest BCUT2D eigenvalue weighted by Crippen LogP contribution is -2.30. The summed E-state index contributed by atoms with van der Waals surface area (Å²) < 4.78 is 15.1. The van der Waals surface area contributed by atoms with E-state index >= 15 is 0 Å². The summed E-state index contributed by atoms with van der Waals surface area (Å²) in [5, 5.41) is 18.6. The van der Waals surface area contributed by atoms with Crippen molar-refractivity contribution in [3.8, 4) is 17.6 Å². The van der Waals surface area contributed by atoms with Gasteiger partial charge < -0.3 is 10.2 Å². The lowest BCUT2D eigenvalue weighted by atomic mass is 10.1. The van der Waals surface area contributed by atoms with Crippen LogP contribution in [0.4, 0.5) is 0 Å². The van der Waals surface area contributed by atoms with Crippen molar-refractivity contribution in [3.63, 3.8) is 0 Å². The average Bonchev–Trinajstić information content (AvgIpc) is 2.73. The highest BCUT2D eigenvalue weighted by molar-refractivity contribution is 7.99. The first-order chi connectivity index (χ1) is 14.3. The minimum absolute atomic E-state index is 0.144. The van der Waals surface area contributed by atoms with E-state index in [9.17, 15) is 18.9 Å². The van der Waals surface area contributed by atoms with Gasteiger partial charge in [0, 0.05) is 28.4 Å². The number of rotatable bonds is 4. The molecule has 7 nitrogen and oxygen atoms in total. The highest BCUT2D eigenvalue weighted by Crippen LogP contribution is 2.18. The second-order valence-electron chi connectivity index (χ2n) is 6.17. The van der Waals surface area contributed by atoms with Crippen LogP contribution in [0.5, 0.6) is 5.75 Å². The number of benzene rings is 2. The molecule has 0 spiro atoms. The molecule has 0 saturated carbocycles. The van der Waals surface area contributed by atoms with Crippen molar-refractivity contribution in [1.29, 1.82) is 0 Å². The van der Waals surface area contributed by atoms with Crippen LogP contribution >= 0.6 is 0 Å². The normalized spacial score (nSPS) is 12.1. The summed E-state index contributed by atoms with van der Waals surface area (Å²) in [5.41, 5.74) is 0.637. The third-order valence-corrected chi connectivity index (χ3v) is 5.51. The summed E-state index contributed by atoms with van der Waals surface area (Å²) in [6.07, 6.45) is 2.74. The molecule has 1 heterocycles. The average molecular weight is 420 g/mol. The van der Waals surface area contributed by atoms with E-state index in [0.717, 1.165) is 0 Å². The van der Waals surface area contributed by atoms with Gasteiger partial charge in [-0.05, 0) is 42.3 Å². The van der Waals surface area contributed by atoms with Gasteiger partial charge in [-0.2, -0.15) is 0 Å². The van der Waals surface area contributed by atoms with E-state index in [2.05, 4.69) is 27.4 Å². The molecule has 0 aliphatic heterocycles. The summed E-state index contributed by atoms with van der Waals surface area (Å²) in [6, 6.07) is 13.8. The molecule has 1 aromatic heterocycles. The predicted octanol–water partition coefficient (Wildman–Crippen LogP) is 2.31. The number of carboxylic acids is 1. The molecular formula is C22H16N2O5S. The molecule has 0 aliphatic carbocycles. The van der Waals surface area contributed by atoms with Crippen LogP contribution in [0.25, 0.3) is 0 Å². The van der Waals surface area contributed by atoms with Crippen LogP contribution in [0.1, 0.15) is 31.8 Å². The fraction of sp³-hybridized carbons (Fsp3) is 0. The number of carbonyl (C=O) groups is 2. The zero-order valence-electron chi connectivity index (χ0n) is 15.5. The summed E-state index contributed by atoms with van der Waals surface area (Å²) in [6.45, 7) is 0. The number of phenols is 1. The third-order valence-electron chi connectivity index (χ3n) is 3.96. The molecule has 3 rings (SSSR count). The Morgan fingerprint density at radius 1 is 1.00 bits per heavy atom. The van der Waals surface area contributed by atoms with Gasteiger partial charge in [0.15, 0.2) is 0 Å². The van der Waals surface area contributed by atoms with Crippen molar-refractivity contribution < 1.29 is 24.0 Å². The lowest BCUT2D eigenvalue weighted by molar-refractivity contribution is 0.0693. The molecule has 1 atom stereocenters. The second-order valence-corrected chi connectivity index (χ2v) is 8.19. The number of pyridine rings is 1. The molecule has 3 N–H and O–H groups in total. The third kappa shape index (κ3) is 4.84. The van der Waals surface area contributed by atoms with Gasteiger partial charge in [0.2, 0.25) is 0 Å². The van der Waals surface area contributed by atoms with Crippen LogP contribution in [0.15, 0.2) is 71.9 Å². The SMILES string of the molecule is C=S(=O)(NC(=O)c1cncc(C#Cc2ccc(O)c(C(=O)O)c2)c1)c1ccccc1. The van der Waals surface area contributed by atoms with E-state index in [4.69, 9.17) is 5.11 Å². The smallest absolute Gasteiger partial charge is 0.339 e. The van der Waals surface area contributed by atoms with E-state index in [-0.39, 0.29) is 16.9 Å². The maximum absolute atomic E-state index is 12.7. The minimum atomic E-state index is -3.04. The van der Waals surface area contributed by atoms with E-state index < -0.39 is 21.6 Å². The summed E-state index contributed by atoms with van der Waals surface area (Å²) in [7, 11) is -3.04. The van der Waals surface area contributed by atoms with Crippen molar-refractivity contribution in [2.24, 2.45) is 0 Å². The van der Waals surface area contributed by atoms with Gasteiger partial charge in [-0.3, -0.25) is 14.5 Å². The fourth-order valence-electron chi connectivity index (χ4n) is 2.47. The Kier molecular flexibility index (Phi) is 5.85. The molecule has 1 unspecified atom stereocenters.